The van der Waals surface area contributed by atoms with Crippen molar-refractivity contribution in [2.24, 2.45) is 5.73 Å². The molecular formula is C15H21N5. The van der Waals surface area contributed by atoms with Gasteiger partial charge in [-0.2, -0.15) is 4.98 Å². The Labute approximate surface area is 119 Å². The zero-order valence-electron chi connectivity index (χ0n) is 12.1. The van der Waals surface area contributed by atoms with Gasteiger partial charge in [-0.15, -0.1) is 0 Å². The number of nitrogen functional groups attached to an aromatic ring is 1. The average molecular weight is 271 g/mol. The van der Waals surface area contributed by atoms with E-state index >= 15 is 0 Å². The molecule has 2 aromatic rings. The van der Waals surface area contributed by atoms with Gasteiger partial charge in [0.25, 0.3) is 0 Å². The molecule has 5 N–H and O–H groups in total. The minimum absolute atomic E-state index is 0.0512. The maximum atomic E-state index is 5.80. The first-order valence-electron chi connectivity index (χ1n) is 6.68. The predicted octanol–water partition coefficient (Wildman–Crippen LogP) is 2.10. The largest absolute Gasteiger partial charge is 0.368 e. The van der Waals surface area contributed by atoms with Crippen molar-refractivity contribution >= 4 is 11.8 Å². The fourth-order valence-electron chi connectivity index (χ4n) is 1.99. The van der Waals surface area contributed by atoms with Crippen LogP contribution in [0.3, 0.4) is 0 Å². The molecule has 1 aromatic carbocycles. The molecule has 0 amide bonds. The molecule has 1 heterocycles. The zero-order chi connectivity index (χ0) is 14.7. The summed E-state index contributed by atoms with van der Waals surface area (Å²) in [5.41, 5.74) is 15.9. The fourth-order valence-corrected chi connectivity index (χ4v) is 1.99. The quantitative estimate of drug-likeness (QED) is 0.792. The Morgan fingerprint density at radius 3 is 2.70 bits per heavy atom. The van der Waals surface area contributed by atoms with Gasteiger partial charge in [0.15, 0.2) is 0 Å². The third-order valence-corrected chi connectivity index (χ3v) is 3.23. The second-order valence-electron chi connectivity index (χ2n) is 5.10. The first kappa shape index (κ1) is 14.3. The van der Waals surface area contributed by atoms with Crippen LogP contribution in [-0.2, 0) is 0 Å². The zero-order valence-corrected chi connectivity index (χ0v) is 12.1. The molecule has 0 aliphatic carbocycles. The van der Waals surface area contributed by atoms with E-state index in [4.69, 9.17) is 11.5 Å². The molecule has 0 fully saturated rings. The number of nitrogens with one attached hydrogen (secondary N) is 1. The Bertz CT molecular complexity index is 607. The van der Waals surface area contributed by atoms with Crippen LogP contribution in [0.25, 0.3) is 11.3 Å². The molecule has 1 aromatic heterocycles. The van der Waals surface area contributed by atoms with E-state index in [0.717, 1.165) is 11.3 Å². The van der Waals surface area contributed by atoms with E-state index in [1.807, 2.05) is 25.1 Å². The third-order valence-electron chi connectivity index (χ3n) is 3.23. The van der Waals surface area contributed by atoms with Gasteiger partial charge < -0.3 is 16.8 Å². The van der Waals surface area contributed by atoms with E-state index in [2.05, 4.69) is 35.2 Å². The van der Waals surface area contributed by atoms with E-state index < -0.39 is 0 Å². The monoisotopic (exact) mass is 271 g/mol. The van der Waals surface area contributed by atoms with Gasteiger partial charge in [0.05, 0.1) is 5.69 Å². The summed E-state index contributed by atoms with van der Waals surface area (Å²) in [6.45, 7) is 6.74. The molecule has 0 saturated carbocycles. The van der Waals surface area contributed by atoms with Crippen molar-refractivity contribution in [3.8, 4) is 11.3 Å². The Morgan fingerprint density at radius 1 is 1.25 bits per heavy atom. The van der Waals surface area contributed by atoms with Gasteiger partial charge in [-0.1, -0.05) is 18.2 Å². The lowest BCUT2D eigenvalue weighted by atomic mass is 10.0. The number of aromatic nitrogens is 2. The molecule has 0 spiro atoms. The fraction of sp³-hybridized carbons (Fsp3) is 0.333. The second kappa shape index (κ2) is 5.88. The molecule has 106 valence electrons. The highest BCUT2D eigenvalue weighted by Gasteiger charge is 2.08. The minimum Gasteiger partial charge on any atom is -0.368 e. The second-order valence-corrected chi connectivity index (χ2v) is 5.10. The van der Waals surface area contributed by atoms with Crippen LogP contribution in [0.15, 0.2) is 24.3 Å². The predicted molar refractivity (Wildman–Crippen MR) is 83.5 cm³/mol. The van der Waals surface area contributed by atoms with Crippen LogP contribution in [0.5, 0.6) is 0 Å². The molecule has 0 aliphatic heterocycles. The number of nitrogens with two attached hydrogens (primary N) is 2. The van der Waals surface area contributed by atoms with Crippen molar-refractivity contribution in [3.05, 3.63) is 35.4 Å². The van der Waals surface area contributed by atoms with E-state index in [-0.39, 0.29) is 12.0 Å². The van der Waals surface area contributed by atoms with Crippen molar-refractivity contribution in [2.45, 2.75) is 26.8 Å². The Balaban J connectivity index is 2.39. The summed E-state index contributed by atoms with van der Waals surface area (Å²) in [5.74, 6) is 0.960. The average Bonchev–Trinajstić information content (AvgIpc) is 2.39. The lowest BCUT2D eigenvalue weighted by Crippen LogP contribution is -2.25. The molecule has 1 atom stereocenters. The molecule has 0 radical (unpaired) electrons. The molecule has 1 unspecified atom stereocenters. The summed E-state index contributed by atoms with van der Waals surface area (Å²) in [4.78, 5) is 8.51. The number of rotatable bonds is 4. The molecule has 20 heavy (non-hydrogen) atoms. The Kier molecular flexibility index (Phi) is 4.20. The van der Waals surface area contributed by atoms with E-state index in [9.17, 15) is 0 Å². The highest BCUT2D eigenvalue weighted by molar-refractivity contribution is 5.68. The minimum atomic E-state index is 0.0512. The van der Waals surface area contributed by atoms with Crippen molar-refractivity contribution in [3.63, 3.8) is 0 Å². The molecule has 0 bridgehead atoms. The Morgan fingerprint density at radius 2 is 2.00 bits per heavy atom. The van der Waals surface area contributed by atoms with Crippen molar-refractivity contribution in [1.82, 2.24) is 9.97 Å². The van der Waals surface area contributed by atoms with Crippen molar-refractivity contribution in [2.75, 3.05) is 17.6 Å². The molecular weight excluding hydrogens is 250 g/mol. The Hall–Kier alpha value is -2.14. The summed E-state index contributed by atoms with van der Waals surface area (Å²) in [5, 5.41) is 3.17. The molecule has 0 saturated heterocycles. The first-order chi connectivity index (χ1) is 9.47. The van der Waals surface area contributed by atoms with Crippen LogP contribution in [0.1, 0.15) is 18.1 Å². The maximum absolute atomic E-state index is 5.80. The van der Waals surface area contributed by atoms with Gasteiger partial charge in [0.2, 0.25) is 5.95 Å². The van der Waals surface area contributed by atoms with Gasteiger partial charge in [-0.3, -0.25) is 0 Å². The smallest absolute Gasteiger partial charge is 0.222 e. The van der Waals surface area contributed by atoms with Crippen LogP contribution >= 0.6 is 0 Å². The van der Waals surface area contributed by atoms with Crippen LogP contribution < -0.4 is 16.8 Å². The van der Waals surface area contributed by atoms with E-state index in [1.54, 1.807) is 0 Å². The van der Waals surface area contributed by atoms with Crippen molar-refractivity contribution < 1.29 is 0 Å². The van der Waals surface area contributed by atoms with Gasteiger partial charge in [0.1, 0.15) is 5.82 Å². The number of hydrogen-bond donors (Lipinski definition) is 3. The lowest BCUT2D eigenvalue weighted by molar-refractivity contribution is 0.777. The van der Waals surface area contributed by atoms with Crippen LogP contribution in [0.2, 0.25) is 0 Å². The first-order valence-corrected chi connectivity index (χ1v) is 6.68. The van der Waals surface area contributed by atoms with E-state index in [1.165, 1.54) is 11.1 Å². The summed E-state index contributed by atoms with van der Waals surface area (Å²) in [6, 6.07) is 8.10. The SMILES string of the molecule is Cc1cccc(-c2cc(NCC(C)N)nc(N)n2)c1C. The number of aryl methyl sites for hydroxylation is 1. The van der Waals surface area contributed by atoms with Gasteiger partial charge >= 0.3 is 0 Å². The van der Waals surface area contributed by atoms with E-state index in [0.29, 0.717) is 12.4 Å². The van der Waals surface area contributed by atoms with Gasteiger partial charge in [-0.05, 0) is 31.9 Å². The summed E-state index contributed by atoms with van der Waals surface area (Å²) < 4.78 is 0. The normalized spacial score (nSPS) is 12.2. The molecule has 5 heteroatoms. The van der Waals surface area contributed by atoms with Crippen LogP contribution in [0.4, 0.5) is 11.8 Å². The summed E-state index contributed by atoms with van der Waals surface area (Å²) >= 11 is 0. The maximum Gasteiger partial charge on any atom is 0.222 e. The third kappa shape index (κ3) is 3.24. The van der Waals surface area contributed by atoms with Gasteiger partial charge in [-0.25, -0.2) is 4.98 Å². The topological polar surface area (TPSA) is 89.8 Å². The number of benzene rings is 1. The lowest BCUT2D eigenvalue weighted by Gasteiger charge is -2.12. The highest BCUT2D eigenvalue weighted by atomic mass is 15.1. The standard InChI is InChI=1S/C15H21N5/c1-9-5-4-6-12(11(9)3)13-7-14(18-8-10(2)16)20-15(17)19-13/h4-7,10H,8,16H2,1-3H3,(H3,17,18,19,20). The molecule has 2 rings (SSSR count). The van der Waals surface area contributed by atoms with Gasteiger partial charge in [0, 0.05) is 24.2 Å². The number of hydrogen-bond acceptors (Lipinski definition) is 5. The molecule has 0 aliphatic rings. The van der Waals surface area contributed by atoms with Crippen molar-refractivity contribution in [1.29, 1.82) is 0 Å². The van der Waals surface area contributed by atoms with Crippen LogP contribution in [0, 0.1) is 13.8 Å². The highest BCUT2D eigenvalue weighted by Crippen LogP contribution is 2.25. The number of nitrogens with zero attached hydrogens (tertiary/aromatic N) is 2. The molecule has 5 nitrogen and oxygen atoms in total. The summed E-state index contributed by atoms with van der Waals surface area (Å²) in [7, 11) is 0. The summed E-state index contributed by atoms with van der Waals surface area (Å²) in [6.07, 6.45) is 0. The van der Waals surface area contributed by atoms with Crippen LogP contribution in [-0.4, -0.2) is 22.6 Å². The number of anilines is 2.